The standard InChI is InChI=1S/C21H25FN2O5/c1-3-29-21(28)15-11-24(12(2)20(26)27)18-10-17(16(22)9-14(18)19(15)25)23-13-7-5-4-6-8-13/h9-13,23H,3-8H2,1-2H3,(H,26,27). The predicted octanol–water partition coefficient (Wildman–Crippen LogP) is 3.71. The lowest BCUT2D eigenvalue weighted by atomic mass is 9.95. The number of nitrogens with zero attached hydrogens (tertiary/aromatic N) is 1. The number of esters is 1. The Kier molecular flexibility index (Phi) is 6.20. The summed E-state index contributed by atoms with van der Waals surface area (Å²) in [7, 11) is 0. The van der Waals surface area contributed by atoms with Gasteiger partial charge in [-0.1, -0.05) is 19.3 Å². The van der Waals surface area contributed by atoms with Crippen LogP contribution in [0.4, 0.5) is 10.1 Å². The highest BCUT2D eigenvalue weighted by atomic mass is 19.1. The lowest BCUT2D eigenvalue weighted by Crippen LogP contribution is -2.26. The molecule has 1 aliphatic carbocycles. The number of rotatable bonds is 6. The first-order valence-corrected chi connectivity index (χ1v) is 9.88. The van der Waals surface area contributed by atoms with Gasteiger partial charge in [0, 0.05) is 17.6 Å². The van der Waals surface area contributed by atoms with Crippen LogP contribution in [-0.2, 0) is 9.53 Å². The van der Waals surface area contributed by atoms with Crippen molar-refractivity contribution in [2.75, 3.05) is 11.9 Å². The Labute approximate surface area is 167 Å². The van der Waals surface area contributed by atoms with Crippen LogP contribution in [0.15, 0.2) is 23.1 Å². The number of anilines is 1. The number of carbonyl (C=O) groups excluding carboxylic acids is 1. The number of aromatic nitrogens is 1. The maximum absolute atomic E-state index is 14.8. The second kappa shape index (κ2) is 8.63. The predicted molar refractivity (Wildman–Crippen MR) is 107 cm³/mol. The van der Waals surface area contributed by atoms with Crippen LogP contribution in [0.2, 0.25) is 0 Å². The summed E-state index contributed by atoms with van der Waals surface area (Å²) in [6, 6.07) is 1.58. The van der Waals surface area contributed by atoms with Gasteiger partial charge in [0.05, 0.1) is 17.8 Å². The van der Waals surface area contributed by atoms with Crippen molar-refractivity contribution in [1.29, 1.82) is 0 Å². The van der Waals surface area contributed by atoms with Gasteiger partial charge in [-0.2, -0.15) is 0 Å². The van der Waals surface area contributed by atoms with Crippen LogP contribution in [0.5, 0.6) is 0 Å². The number of benzene rings is 1. The van der Waals surface area contributed by atoms with E-state index in [4.69, 9.17) is 4.74 Å². The summed E-state index contributed by atoms with van der Waals surface area (Å²) in [4.78, 5) is 36.6. The van der Waals surface area contributed by atoms with Gasteiger partial charge < -0.3 is 19.7 Å². The monoisotopic (exact) mass is 404 g/mol. The van der Waals surface area contributed by atoms with Crippen molar-refractivity contribution < 1.29 is 23.8 Å². The third-order valence-corrected chi connectivity index (χ3v) is 5.36. The van der Waals surface area contributed by atoms with Crippen LogP contribution in [0.1, 0.15) is 62.4 Å². The van der Waals surface area contributed by atoms with Crippen molar-refractivity contribution >= 4 is 28.5 Å². The van der Waals surface area contributed by atoms with Gasteiger partial charge in [0.25, 0.3) is 0 Å². The molecule has 0 saturated heterocycles. The largest absolute Gasteiger partial charge is 0.480 e. The van der Waals surface area contributed by atoms with Crippen LogP contribution >= 0.6 is 0 Å². The Morgan fingerprint density at radius 1 is 1.31 bits per heavy atom. The summed E-state index contributed by atoms with van der Waals surface area (Å²) in [6.07, 6.45) is 6.33. The number of carboxylic acid groups (broad SMARTS) is 1. The Balaban J connectivity index is 2.17. The number of fused-ring (bicyclic) bond motifs is 1. The van der Waals surface area contributed by atoms with E-state index in [1.165, 1.54) is 23.8 Å². The van der Waals surface area contributed by atoms with E-state index in [0.29, 0.717) is 0 Å². The van der Waals surface area contributed by atoms with Crippen LogP contribution in [0.3, 0.4) is 0 Å². The summed E-state index contributed by atoms with van der Waals surface area (Å²) < 4.78 is 21.0. The molecule has 1 saturated carbocycles. The van der Waals surface area contributed by atoms with E-state index in [-0.39, 0.29) is 34.8 Å². The smallest absolute Gasteiger partial charge is 0.343 e. The molecular weight excluding hydrogens is 379 g/mol. The van der Waals surface area contributed by atoms with Crippen molar-refractivity contribution in [1.82, 2.24) is 4.57 Å². The Morgan fingerprint density at radius 2 is 2.00 bits per heavy atom. The lowest BCUT2D eigenvalue weighted by Gasteiger charge is -2.25. The molecule has 1 atom stereocenters. The average Bonchev–Trinajstić information content (AvgIpc) is 2.70. The zero-order valence-electron chi connectivity index (χ0n) is 16.5. The van der Waals surface area contributed by atoms with Gasteiger partial charge in [-0.3, -0.25) is 4.79 Å². The first kappa shape index (κ1) is 20.8. The van der Waals surface area contributed by atoms with Gasteiger partial charge in [-0.15, -0.1) is 0 Å². The number of carboxylic acids is 1. The summed E-state index contributed by atoms with van der Waals surface area (Å²) in [5, 5.41) is 12.6. The Bertz CT molecular complexity index is 995. The molecule has 1 heterocycles. The van der Waals surface area contributed by atoms with E-state index < -0.39 is 29.2 Å². The van der Waals surface area contributed by atoms with E-state index in [2.05, 4.69) is 5.32 Å². The number of ether oxygens (including phenoxy) is 1. The number of aliphatic carboxylic acids is 1. The zero-order chi connectivity index (χ0) is 21.1. The summed E-state index contributed by atoms with van der Waals surface area (Å²) in [5.74, 6) is -2.62. The molecule has 0 spiro atoms. The number of hydrogen-bond acceptors (Lipinski definition) is 5. The minimum absolute atomic E-state index is 0.0589. The molecule has 0 radical (unpaired) electrons. The van der Waals surface area contributed by atoms with Crippen LogP contribution in [0, 0.1) is 5.82 Å². The highest BCUT2D eigenvalue weighted by Gasteiger charge is 2.23. The van der Waals surface area contributed by atoms with Gasteiger partial charge in [0.15, 0.2) is 0 Å². The number of carbonyl (C=O) groups is 2. The van der Waals surface area contributed by atoms with Gasteiger partial charge in [-0.25, -0.2) is 14.0 Å². The molecule has 7 nitrogen and oxygen atoms in total. The van der Waals surface area contributed by atoms with Crippen LogP contribution < -0.4 is 10.7 Å². The van der Waals surface area contributed by atoms with Gasteiger partial charge in [0.2, 0.25) is 5.43 Å². The Hall–Kier alpha value is -2.90. The van der Waals surface area contributed by atoms with E-state index in [1.807, 2.05) is 0 Å². The van der Waals surface area contributed by atoms with Crippen molar-refractivity contribution in [3.05, 3.63) is 39.9 Å². The molecule has 0 aliphatic heterocycles. The number of hydrogen-bond donors (Lipinski definition) is 2. The molecule has 2 aromatic rings. The van der Waals surface area contributed by atoms with Crippen molar-refractivity contribution in [3.63, 3.8) is 0 Å². The fourth-order valence-electron chi connectivity index (χ4n) is 3.74. The van der Waals surface area contributed by atoms with E-state index >= 15 is 0 Å². The first-order chi connectivity index (χ1) is 13.8. The number of pyridine rings is 1. The van der Waals surface area contributed by atoms with Crippen molar-refractivity contribution in [2.24, 2.45) is 0 Å². The molecule has 1 fully saturated rings. The van der Waals surface area contributed by atoms with E-state index in [1.54, 1.807) is 6.92 Å². The second-order valence-corrected chi connectivity index (χ2v) is 7.34. The quantitative estimate of drug-likeness (QED) is 0.713. The van der Waals surface area contributed by atoms with Crippen LogP contribution in [-0.4, -0.2) is 34.3 Å². The topological polar surface area (TPSA) is 97.6 Å². The van der Waals surface area contributed by atoms with E-state index in [9.17, 15) is 23.9 Å². The molecule has 1 unspecified atom stereocenters. The summed E-state index contributed by atoms with van der Waals surface area (Å²) >= 11 is 0. The molecule has 1 aromatic carbocycles. The highest BCUT2D eigenvalue weighted by molar-refractivity contribution is 5.95. The molecule has 3 rings (SSSR count). The second-order valence-electron chi connectivity index (χ2n) is 7.34. The minimum Gasteiger partial charge on any atom is -0.480 e. The van der Waals surface area contributed by atoms with Crippen LogP contribution in [0.25, 0.3) is 10.9 Å². The molecule has 0 amide bonds. The molecule has 2 N–H and O–H groups in total. The van der Waals surface area contributed by atoms with Gasteiger partial charge in [-0.05, 0) is 38.8 Å². The van der Waals surface area contributed by atoms with Crippen molar-refractivity contribution in [2.45, 2.75) is 58.0 Å². The Morgan fingerprint density at radius 3 is 2.62 bits per heavy atom. The maximum Gasteiger partial charge on any atom is 0.343 e. The van der Waals surface area contributed by atoms with Crippen molar-refractivity contribution in [3.8, 4) is 0 Å². The van der Waals surface area contributed by atoms with Gasteiger partial charge in [0.1, 0.15) is 17.4 Å². The molecule has 1 aromatic heterocycles. The average molecular weight is 404 g/mol. The molecule has 29 heavy (non-hydrogen) atoms. The first-order valence-electron chi connectivity index (χ1n) is 9.88. The number of halogens is 1. The molecule has 1 aliphatic rings. The molecular formula is C21H25FN2O5. The summed E-state index contributed by atoms with van der Waals surface area (Å²) in [6.45, 7) is 3.09. The lowest BCUT2D eigenvalue weighted by molar-refractivity contribution is -0.140. The highest BCUT2D eigenvalue weighted by Crippen LogP contribution is 2.28. The molecule has 8 heteroatoms. The summed E-state index contributed by atoms with van der Waals surface area (Å²) in [5.41, 5.74) is -0.535. The van der Waals surface area contributed by atoms with Gasteiger partial charge >= 0.3 is 11.9 Å². The minimum atomic E-state index is -1.14. The van der Waals surface area contributed by atoms with E-state index in [0.717, 1.165) is 38.2 Å². The molecule has 156 valence electrons. The molecule has 0 bridgehead atoms. The number of nitrogens with one attached hydrogen (secondary N) is 1. The normalized spacial score (nSPS) is 15.8. The maximum atomic E-state index is 14.8. The third-order valence-electron chi connectivity index (χ3n) is 5.36. The fourth-order valence-corrected chi connectivity index (χ4v) is 3.74. The SMILES string of the molecule is CCOC(=O)c1cn(C(C)C(=O)O)c2cc(NC3CCCCC3)c(F)cc2c1=O. The zero-order valence-corrected chi connectivity index (χ0v) is 16.5. The third kappa shape index (κ3) is 4.26. The fraction of sp³-hybridized carbons (Fsp3) is 0.476.